The Labute approximate surface area is 137 Å². The van der Waals surface area contributed by atoms with E-state index in [-0.39, 0.29) is 30.1 Å². The van der Waals surface area contributed by atoms with Crippen molar-refractivity contribution in [1.29, 1.82) is 0 Å². The molecule has 120 valence electrons. The lowest BCUT2D eigenvalue weighted by Crippen LogP contribution is -2.27. The second-order valence-corrected chi connectivity index (χ2v) is 5.30. The maximum atomic E-state index is 12.0. The number of halogens is 1. The van der Waals surface area contributed by atoms with Gasteiger partial charge in [0.25, 0.3) is 0 Å². The topological polar surface area (TPSA) is 81.7 Å². The van der Waals surface area contributed by atoms with Crippen LogP contribution in [0, 0.1) is 0 Å². The second kappa shape index (κ2) is 9.32. The maximum absolute atomic E-state index is 12.0. The first-order valence-corrected chi connectivity index (χ1v) is 7.56. The van der Waals surface area contributed by atoms with E-state index in [4.69, 9.17) is 4.74 Å². The summed E-state index contributed by atoms with van der Waals surface area (Å²) in [6.07, 6.45) is 0.904. The third-order valence-corrected chi connectivity index (χ3v) is 3.45. The number of hydrogen-bond acceptors (Lipinski definition) is 6. The highest BCUT2D eigenvalue weighted by Crippen LogP contribution is 2.19. The SMILES string of the molecule is CCCNCC(=O)OCC(=O)c1ccc(Br)c(C(=O)OC)c1. The largest absolute Gasteiger partial charge is 0.465 e. The van der Waals surface area contributed by atoms with Gasteiger partial charge >= 0.3 is 11.9 Å². The van der Waals surface area contributed by atoms with Crippen molar-refractivity contribution in [3.8, 4) is 0 Å². The van der Waals surface area contributed by atoms with Gasteiger partial charge < -0.3 is 14.8 Å². The normalized spacial score (nSPS) is 10.1. The Morgan fingerprint density at radius 1 is 1.27 bits per heavy atom. The molecule has 0 bridgehead atoms. The van der Waals surface area contributed by atoms with Gasteiger partial charge in [-0.05, 0) is 41.0 Å². The molecule has 0 radical (unpaired) electrons. The Morgan fingerprint density at radius 3 is 2.64 bits per heavy atom. The highest BCUT2D eigenvalue weighted by atomic mass is 79.9. The summed E-state index contributed by atoms with van der Waals surface area (Å²) < 4.78 is 10.0. The molecule has 0 saturated heterocycles. The molecule has 0 aromatic heterocycles. The van der Waals surface area contributed by atoms with Gasteiger partial charge in [-0.1, -0.05) is 13.0 Å². The molecule has 1 aromatic carbocycles. The lowest BCUT2D eigenvalue weighted by atomic mass is 10.1. The Morgan fingerprint density at radius 2 is 2.00 bits per heavy atom. The van der Waals surface area contributed by atoms with E-state index in [9.17, 15) is 14.4 Å². The summed E-state index contributed by atoms with van der Waals surface area (Å²) in [6, 6.07) is 4.52. The van der Waals surface area contributed by atoms with Crippen LogP contribution in [0.15, 0.2) is 22.7 Å². The summed E-state index contributed by atoms with van der Waals surface area (Å²) in [7, 11) is 1.26. The van der Waals surface area contributed by atoms with E-state index in [1.807, 2.05) is 6.92 Å². The molecule has 0 saturated carbocycles. The number of ketones is 1. The summed E-state index contributed by atoms with van der Waals surface area (Å²) in [4.78, 5) is 35.0. The first-order chi connectivity index (χ1) is 10.5. The van der Waals surface area contributed by atoms with Crippen molar-refractivity contribution in [3.05, 3.63) is 33.8 Å². The quantitative estimate of drug-likeness (QED) is 0.427. The van der Waals surface area contributed by atoms with Crippen LogP contribution in [0.25, 0.3) is 0 Å². The van der Waals surface area contributed by atoms with Crippen molar-refractivity contribution in [2.45, 2.75) is 13.3 Å². The van der Waals surface area contributed by atoms with Gasteiger partial charge in [-0.2, -0.15) is 0 Å². The fraction of sp³-hybridized carbons (Fsp3) is 0.400. The van der Waals surface area contributed by atoms with Crippen LogP contribution in [0.3, 0.4) is 0 Å². The molecule has 0 spiro atoms. The summed E-state index contributed by atoms with van der Waals surface area (Å²) in [5, 5.41) is 2.88. The third kappa shape index (κ3) is 5.57. The number of ether oxygens (including phenoxy) is 2. The minimum absolute atomic E-state index is 0.0644. The summed E-state index contributed by atoms with van der Waals surface area (Å²) in [5.41, 5.74) is 0.516. The number of benzene rings is 1. The molecular formula is C15H18BrNO5. The lowest BCUT2D eigenvalue weighted by molar-refractivity contribution is -0.141. The van der Waals surface area contributed by atoms with Gasteiger partial charge in [0.2, 0.25) is 0 Å². The number of carbonyl (C=O) groups is 3. The van der Waals surface area contributed by atoms with Crippen LogP contribution in [0.5, 0.6) is 0 Å². The van der Waals surface area contributed by atoms with Gasteiger partial charge in [0, 0.05) is 10.0 Å². The third-order valence-electron chi connectivity index (χ3n) is 2.75. The van der Waals surface area contributed by atoms with Crippen molar-refractivity contribution >= 4 is 33.7 Å². The molecule has 0 unspecified atom stereocenters. The fourth-order valence-corrected chi connectivity index (χ4v) is 2.02. The first kappa shape index (κ1) is 18.3. The molecule has 0 amide bonds. The standard InChI is InChI=1S/C15H18BrNO5/c1-3-6-17-8-14(19)22-9-13(18)10-4-5-12(16)11(7-10)15(20)21-2/h4-5,7,17H,3,6,8-9H2,1-2H3. The van der Waals surface area contributed by atoms with Gasteiger partial charge in [0.1, 0.15) is 0 Å². The molecule has 1 aromatic rings. The number of carbonyl (C=O) groups excluding carboxylic acids is 3. The Balaban J connectivity index is 2.62. The number of nitrogens with one attached hydrogen (secondary N) is 1. The first-order valence-electron chi connectivity index (χ1n) is 6.77. The average molecular weight is 372 g/mol. The molecule has 0 aliphatic rings. The molecule has 1 N–H and O–H groups in total. The zero-order valence-electron chi connectivity index (χ0n) is 12.5. The van der Waals surface area contributed by atoms with E-state index < -0.39 is 11.9 Å². The van der Waals surface area contributed by atoms with Crippen LogP contribution in [-0.2, 0) is 14.3 Å². The molecule has 1 rings (SSSR count). The number of hydrogen-bond donors (Lipinski definition) is 1. The van der Waals surface area contributed by atoms with Crippen LogP contribution in [0.2, 0.25) is 0 Å². The van der Waals surface area contributed by atoms with Crippen LogP contribution >= 0.6 is 15.9 Å². The van der Waals surface area contributed by atoms with Gasteiger partial charge in [-0.25, -0.2) is 4.79 Å². The molecule has 0 aliphatic carbocycles. The monoisotopic (exact) mass is 371 g/mol. The molecule has 0 fully saturated rings. The van der Waals surface area contributed by atoms with Crippen molar-refractivity contribution in [2.75, 3.05) is 26.8 Å². The number of Topliss-reactive ketones (excluding diaryl/α,β-unsaturated/α-hetero) is 1. The van der Waals surface area contributed by atoms with Crippen LogP contribution in [0.1, 0.15) is 34.1 Å². The van der Waals surface area contributed by atoms with E-state index in [0.717, 1.165) is 6.42 Å². The van der Waals surface area contributed by atoms with Gasteiger partial charge in [0.05, 0.1) is 19.2 Å². The van der Waals surface area contributed by atoms with Crippen molar-refractivity contribution in [2.24, 2.45) is 0 Å². The molecule has 7 heteroatoms. The maximum Gasteiger partial charge on any atom is 0.339 e. The van der Waals surface area contributed by atoms with Gasteiger partial charge in [-0.3, -0.25) is 9.59 Å². The van der Waals surface area contributed by atoms with Crippen LogP contribution < -0.4 is 5.32 Å². The summed E-state index contributed by atoms with van der Waals surface area (Å²) in [6.45, 7) is 2.39. The van der Waals surface area contributed by atoms with E-state index in [1.165, 1.54) is 13.2 Å². The predicted octanol–water partition coefficient (Wildman–Crippen LogP) is 1.96. The molecular weight excluding hydrogens is 354 g/mol. The minimum atomic E-state index is -0.553. The van der Waals surface area contributed by atoms with Gasteiger partial charge in [-0.15, -0.1) is 0 Å². The lowest BCUT2D eigenvalue weighted by Gasteiger charge is -2.07. The second-order valence-electron chi connectivity index (χ2n) is 4.45. The van der Waals surface area contributed by atoms with E-state index in [1.54, 1.807) is 12.1 Å². The molecule has 0 aliphatic heterocycles. The number of esters is 2. The highest BCUT2D eigenvalue weighted by Gasteiger charge is 2.15. The predicted molar refractivity (Wildman–Crippen MR) is 83.9 cm³/mol. The zero-order valence-corrected chi connectivity index (χ0v) is 14.1. The molecule has 0 heterocycles. The Kier molecular flexibility index (Phi) is 7.76. The zero-order chi connectivity index (χ0) is 16.5. The van der Waals surface area contributed by atoms with E-state index in [0.29, 0.717) is 11.0 Å². The van der Waals surface area contributed by atoms with E-state index in [2.05, 4.69) is 26.0 Å². The highest BCUT2D eigenvalue weighted by molar-refractivity contribution is 9.10. The molecule has 22 heavy (non-hydrogen) atoms. The van der Waals surface area contributed by atoms with Crippen LogP contribution in [0.4, 0.5) is 0 Å². The number of methoxy groups -OCH3 is 1. The van der Waals surface area contributed by atoms with Crippen LogP contribution in [-0.4, -0.2) is 44.5 Å². The van der Waals surface area contributed by atoms with Crippen molar-refractivity contribution in [3.63, 3.8) is 0 Å². The number of rotatable bonds is 8. The smallest absolute Gasteiger partial charge is 0.339 e. The Hall–Kier alpha value is -1.73. The fourth-order valence-electron chi connectivity index (χ4n) is 1.61. The Bertz CT molecular complexity index is 559. The molecule has 0 atom stereocenters. The average Bonchev–Trinajstić information content (AvgIpc) is 2.52. The van der Waals surface area contributed by atoms with Crippen molar-refractivity contribution in [1.82, 2.24) is 5.32 Å². The summed E-state index contributed by atoms with van der Waals surface area (Å²) in [5.74, 6) is -1.43. The summed E-state index contributed by atoms with van der Waals surface area (Å²) >= 11 is 3.21. The van der Waals surface area contributed by atoms with Crippen molar-refractivity contribution < 1.29 is 23.9 Å². The van der Waals surface area contributed by atoms with Gasteiger partial charge in [0.15, 0.2) is 12.4 Å². The molecule has 6 nitrogen and oxygen atoms in total. The van der Waals surface area contributed by atoms with E-state index >= 15 is 0 Å². The minimum Gasteiger partial charge on any atom is -0.465 e.